The van der Waals surface area contributed by atoms with Crippen LogP contribution < -0.4 is 5.43 Å². The fourth-order valence-electron chi connectivity index (χ4n) is 0.839. The van der Waals surface area contributed by atoms with E-state index in [0.717, 1.165) is 18.1 Å². The summed E-state index contributed by atoms with van der Waals surface area (Å²) in [6.45, 7) is 2.97. The Morgan fingerprint density at radius 1 is 1.54 bits per heavy atom. The maximum absolute atomic E-state index is 4.00. The Labute approximate surface area is 82.1 Å². The van der Waals surface area contributed by atoms with Crippen molar-refractivity contribution in [2.45, 2.75) is 26.2 Å². The van der Waals surface area contributed by atoms with Crippen molar-refractivity contribution in [2.75, 3.05) is 12.0 Å². The molecule has 4 nitrogen and oxygen atoms in total. The van der Waals surface area contributed by atoms with Crippen LogP contribution in [-0.2, 0) is 0 Å². The van der Waals surface area contributed by atoms with Crippen molar-refractivity contribution < 1.29 is 0 Å². The molecule has 0 saturated heterocycles. The normalized spacial score (nSPS) is 10.8. The molecule has 1 aromatic rings. The lowest BCUT2D eigenvalue weighted by molar-refractivity contribution is 0.709. The molecule has 0 spiro atoms. The van der Waals surface area contributed by atoms with Crippen LogP contribution in [0, 0.1) is 0 Å². The topological polar surface area (TPSA) is 49.6 Å². The molecule has 1 rings (SSSR count). The lowest BCUT2D eigenvalue weighted by Crippen LogP contribution is -1.86. The summed E-state index contributed by atoms with van der Waals surface area (Å²) in [5.74, 6) is 0. The van der Waals surface area contributed by atoms with Gasteiger partial charge in [0.1, 0.15) is 0 Å². The van der Waals surface area contributed by atoms with Crippen LogP contribution in [0.2, 0.25) is 0 Å². The molecule has 0 aromatic carbocycles. The highest BCUT2D eigenvalue weighted by atomic mass is 32.1. The van der Waals surface area contributed by atoms with Gasteiger partial charge in [0.15, 0.2) is 0 Å². The smallest absolute Gasteiger partial charge is 0.204 e. The summed E-state index contributed by atoms with van der Waals surface area (Å²) in [5.41, 5.74) is 2.77. The summed E-state index contributed by atoms with van der Waals surface area (Å²) in [5, 5.41) is 10.5. The second-order valence-electron chi connectivity index (χ2n) is 2.62. The summed E-state index contributed by atoms with van der Waals surface area (Å²) in [4.78, 5) is 4.00. The Morgan fingerprint density at radius 2 is 2.46 bits per heavy atom. The van der Waals surface area contributed by atoms with E-state index in [0.29, 0.717) is 0 Å². The van der Waals surface area contributed by atoms with Gasteiger partial charge in [-0.2, -0.15) is 5.11 Å². The third-order valence-electron chi connectivity index (χ3n) is 1.51. The predicted octanol–water partition coefficient (Wildman–Crippen LogP) is 3.11. The van der Waals surface area contributed by atoms with Crippen LogP contribution in [0.5, 0.6) is 0 Å². The monoisotopic (exact) mass is 198 g/mol. The number of rotatable bonds is 6. The van der Waals surface area contributed by atoms with Crippen LogP contribution in [0.15, 0.2) is 21.9 Å². The van der Waals surface area contributed by atoms with Crippen LogP contribution in [0.1, 0.15) is 26.2 Å². The largest absolute Gasteiger partial charge is 0.234 e. The quantitative estimate of drug-likeness (QED) is 0.434. The number of nitrogens with one attached hydrogen (secondary N) is 1. The zero-order valence-corrected chi connectivity index (χ0v) is 8.55. The molecule has 0 bridgehead atoms. The van der Waals surface area contributed by atoms with E-state index in [1.807, 2.05) is 5.38 Å². The van der Waals surface area contributed by atoms with E-state index in [1.54, 1.807) is 6.20 Å². The zero-order chi connectivity index (χ0) is 9.36. The van der Waals surface area contributed by atoms with Gasteiger partial charge < -0.3 is 0 Å². The van der Waals surface area contributed by atoms with Gasteiger partial charge in [-0.15, -0.1) is 11.3 Å². The maximum Gasteiger partial charge on any atom is 0.204 e. The lowest BCUT2D eigenvalue weighted by atomic mass is 10.3. The Kier molecular flexibility index (Phi) is 5.08. The number of nitrogens with zero attached hydrogens (tertiary/aromatic N) is 3. The van der Waals surface area contributed by atoms with Crippen molar-refractivity contribution in [1.29, 1.82) is 0 Å². The van der Waals surface area contributed by atoms with Gasteiger partial charge >= 0.3 is 0 Å². The van der Waals surface area contributed by atoms with Gasteiger partial charge in [0.05, 0.1) is 6.54 Å². The SMILES string of the molecule is CCCCC/N=N/Nc1nccs1. The Bertz CT molecular complexity index is 232. The number of hydrogen-bond acceptors (Lipinski definition) is 4. The maximum atomic E-state index is 4.00. The summed E-state index contributed by atoms with van der Waals surface area (Å²) in [6, 6.07) is 0. The molecule has 1 heterocycles. The predicted molar refractivity (Wildman–Crippen MR) is 55.0 cm³/mol. The molecule has 5 heteroatoms. The molecule has 13 heavy (non-hydrogen) atoms. The van der Waals surface area contributed by atoms with Crippen LogP contribution in [0.3, 0.4) is 0 Å². The van der Waals surface area contributed by atoms with Crippen molar-refractivity contribution in [3.8, 4) is 0 Å². The van der Waals surface area contributed by atoms with E-state index < -0.39 is 0 Å². The van der Waals surface area contributed by atoms with Gasteiger partial charge in [-0.1, -0.05) is 25.0 Å². The van der Waals surface area contributed by atoms with Gasteiger partial charge in [0.25, 0.3) is 0 Å². The second kappa shape index (κ2) is 6.54. The van der Waals surface area contributed by atoms with Crippen molar-refractivity contribution in [2.24, 2.45) is 10.3 Å². The molecule has 0 aliphatic heterocycles. The summed E-state index contributed by atoms with van der Waals surface area (Å²) in [7, 11) is 0. The zero-order valence-electron chi connectivity index (χ0n) is 7.73. The molecule has 72 valence electrons. The fourth-order valence-corrected chi connectivity index (χ4v) is 1.31. The molecule has 0 unspecified atom stereocenters. The number of anilines is 1. The average Bonchev–Trinajstić information content (AvgIpc) is 2.63. The van der Waals surface area contributed by atoms with Gasteiger partial charge in [0, 0.05) is 11.6 Å². The molecule has 0 fully saturated rings. The minimum Gasteiger partial charge on any atom is -0.234 e. The van der Waals surface area contributed by atoms with Gasteiger partial charge in [-0.05, 0) is 6.42 Å². The number of hydrogen-bond donors (Lipinski definition) is 1. The molecule has 0 saturated carbocycles. The van der Waals surface area contributed by atoms with E-state index >= 15 is 0 Å². The number of unbranched alkanes of at least 4 members (excludes halogenated alkanes) is 2. The minimum atomic E-state index is 0.791. The average molecular weight is 198 g/mol. The van der Waals surface area contributed by atoms with Crippen LogP contribution in [0.4, 0.5) is 5.13 Å². The first-order valence-electron chi connectivity index (χ1n) is 4.45. The fraction of sp³-hybridized carbons (Fsp3) is 0.625. The third-order valence-corrected chi connectivity index (χ3v) is 2.19. The Balaban J connectivity index is 2.05. The first-order chi connectivity index (χ1) is 6.43. The molecular weight excluding hydrogens is 184 g/mol. The molecule has 0 aliphatic rings. The van der Waals surface area contributed by atoms with Crippen LogP contribution >= 0.6 is 11.3 Å². The van der Waals surface area contributed by atoms with Gasteiger partial charge in [-0.25, -0.2) is 10.4 Å². The summed E-state index contributed by atoms with van der Waals surface area (Å²) >= 11 is 1.52. The van der Waals surface area contributed by atoms with Crippen molar-refractivity contribution in [3.05, 3.63) is 11.6 Å². The minimum absolute atomic E-state index is 0.791. The Hall–Kier alpha value is -0.970. The molecule has 1 N–H and O–H groups in total. The molecule has 0 aliphatic carbocycles. The van der Waals surface area contributed by atoms with E-state index in [4.69, 9.17) is 0 Å². The summed E-state index contributed by atoms with van der Waals surface area (Å²) in [6.07, 6.45) is 5.28. The van der Waals surface area contributed by atoms with E-state index in [2.05, 4.69) is 27.7 Å². The highest BCUT2D eigenvalue weighted by molar-refractivity contribution is 7.13. The van der Waals surface area contributed by atoms with E-state index in [1.165, 1.54) is 24.2 Å². The van der Waals surface area contributed by atoms with Crippen molar-refractivity contribution >= 4 is 16.5 Å². The number of thiazole rings is 1. The highest BCUT2D eigenvalue weighted by Crippen LogP contribution is 2.09. The van der Waals surface area contributed by atoms with Crippen LogP contribution in [-0.4, -0.2) is 11.5 Å². The second-order valence-corrected chi connectivity index (χ2v) is 3.52. The van der Waals surface area contributed by atoms with Crippen molar-refractivity contribution in [3.63, 3.8) is 0 Å². The standard InChI is InChI=1S/C8H14N4S/c1-2-3-4-5-10-12-11-8-9-6-7-13-8/h6-7H,2-5H2,1H3,(H,9,10,11). The first kappa shape index (κ1) is 10.1. The molecule has 0 radical (unpaired) electrons. The van der Waals surface area contributed by atoms with Gasteiger partial charge in [0.2, 0.25) is 5.13 Å². The highest BCUT2D eigenvalue weighted by Gasteiger charge is 1.88. The van der Waals surface area contributed by atoms with Crippen molar-refractivity contribution in [1.82, 2.24) is 4.98 Å². The molecule has 1 aromatic heterocycles. The lowest BCUT2D eigenvalue weighted by Gasteiger charge is -1.92. The molecule has 0 amide bonds. The number of aromatic nitrogens is 1. The first-order valence-corrected chi connectivity index (χ1v) is 5.33. The molecular formula is C8H14N4S. The van der Waals surface area contributed by atoms with Crippen LogP contribution in [0.25, 0.3) is 0 Å². The van der Waals surface area contributed by atoms with E-state index in [9.17, 15) is 0 Å². The summed E-state index contributed by atoms with van der Waals surface area (Å²) < 4.78 is 0. The van der Waals surface area contributed by atoms with Gasteiger partial charge in [-0.3, -0.25) is 0 Å². The van der Waals surface area contributed by atoms with E-state index in [-0.39, 0.29) is 0 Å². The Morgan fingerprint density at radius 3 is 3.15 bits per heavy atom. The third kappa shape index (κ3) is 4.57. The molecule has 0 atom stereocenters.